The molecule has 1 unspecified atom stereocenters. The second-order valence-corrected chi connectivity index (χ2v) is 2.78. The summed E-state index contributed by atoms with van der Waals surface area (Å²) >= 11 is 0. The molecule has 0 spiro atoms. The van der Waals surface area contributed by atoms with Gasteiger partial charge in [0, 0.05) is 6.07 Å². The molecule has 14 heavy (non-hydrogen) atoms. The first kappa shape index (κ1) is 10.3. The van der Waals surface area contributed by atoms with Crippen molar-refractivity contribution >= 4 is 11.7 Å². The highest BCUT2D eigenvalue weighted by Gasteiger charge is 2.12. The number of ether oxygens (including phenoxy) is 1. The SMILES string of the molecule is CC(Oc1ccc(F)c(N)c1)C(=O)O. The number of hydrogen-bond donors (Lipinski definition) is 2. The monoisotopic (exact) mass is 199 g/mol. The molecule has 4 nitrogen and oxygen atoms in total. The van der Waals surface area contributed by atoms with E-state index in [0.717, 1.165) is 6.07 Å². The molecule has 0 saturated carbocycles. The predicted molar refractivity (Wildman–Crippen MR) is 48.5 cm³/mol. The Balaban J connectivity index is 2.78. The van der Waals surface area contributed by atoms with Crippen LogP contribution in [0.3, 0.4) is 0 Å². The minimum absolute atomic E-state index is 0.0694. The van der Waals surface area contributed by atoms with Gasteiger partial charge in [-0.05, 0) is 19.1 Å². The molecule has 1 aromatic rings. The van der Waals surface area contributed by atoms with E-state index in [1.165, 1.54) is 19.1 Å². The summed E-state index contributed by atoms with van der Waals surface area (Å²) in [6, 6.07) is 3.69. The summed E-state index contributed by atoms with van der Waals surface area (Å²) in [5.41, 5.74) is 5.20. The van der Waals surface area contributed by atoms with Crippen molar-refractivity contribution < 1.29 is 19.0 Å². The fourth-order valence-corrected chi connectivity index (χ4v) is 0.850. The normalized spacial score (nSPS) is 12.1. The zero-order chi connectivity index (χ0) is 10.7. The molecule has 1 rings (SSSR count). The highest BCUT2D eigenvalue weighted by molar-refractivity contribution is 5.72. The van der Waals surface area contributed by atoms with Crippen LogP contribution < -0.4 is 10.5 Å². The Morgan fingerprint density at radius 1 is 1.64 bits per heavy atom. The average molecular weight is 199 g/mol. The standard InChI is InChI=1S/C9H10FNO3/c1-5(9(12)13)14-6-2-3-7(10)8(11)4-6/h2-5H,11H2,1H3,(H,12,13). The first-order valence-electron chi connectivity index (χ1n) is 3.95. The molecule has 0 radical (unpaired) electrons. The second-order valence-electron chi connectivity index (χ2n) is 2.78. The van der Waals surface area contributed by atoms with E-state index >= 15 is 0 Å². The zero-order valence-electron chi connectivity index (χ0n) is 7.53. The van der Waals surface area contributed by atoms with E-state index in [1.807, 2.05) is 0 Å². The van der Waals surface area contributed by atoms with Crippen molar-refractivity contribution in [2.75, 3.05) is 5.73 Å². The van der Waals surface area contributed by atoms with E-state index in [9.17, 15) is 9.18 Å². The topological polar surface area (TPSA) is 72.5 Å². The molecular formula is C9H10FNO3. The Labute approximate surface area is 80.1 Å². The highest BCUT2D eigenvalue weighted by atomic mass is 19.1. The number of benzene rings is 1. The Kier molecular flexibility index (Phi) is 2.91. The second kappa shape index (κ2) is 3.95. The lowest BCUT2D eigenvalue weighted by atomic mass is 10.3. The van der Waals surface area contributed by atoms with E-state index in [4.69, 9.17) is 15.6 Å². The van der Waals surface area contributed by atoms with E-state index in [2.05, 4.69) is 0 Å². The molecule has 3 N–H and O–H groups in total. The largest absolute Gasteiger partial charge is 0.479 e. The molecule has 0 fully saturated rings. The minimum Gasteiger partial charge on any atom is -0.479 e. The molecule has 76 valence electrons. The van der Waals surface area contributed by atoms with E-state index in [-0.39, 0.29) is 11.4 Å². The van der Waals surface area contributed by atoms with Gasteiger partial charge in [0.1, 0.15) is 11.6 Å². The predicted octanol–water partition coefficient (Wildman–Crippen LogP) is 1.26. The van der Waals surface area contributed by atoms with Crippen LogP contribution in [-0.4, -0.2) is 17.2 Å². The molecule has 0 heterocycles. The number of aliphatic carboxylic acids is 1. The first-order chi connectivity index (χ1) is 6.50. The number of nitrogen functional groups attached to an aromatic ring is 1. The molecule has 0 saturated heterocycles. The van der Waals surface area contributed by atoms with Crippen LogP contribution in [0.1, 0.15) is 6.92 Å². The van der Waals surface area contributed by atoms with Crippen LogP contribution in [0.15, 0.2) is 18.2 Å². The van der Waals surface area contributed by atoms with Crippen molar-refractivity contribution in [3.63, 3.8) is 0 Å². The van der Waals surface area contributed by atoms with Crippen molar-refractivity contribution in [2.45, 2.75) is 13.0 Å². The van der Waals surface area contributed by atoms with Gasteiger partial charge < -0.3 is 15.6 Å². The third-order valence-corrected chi connectivity index (χ3v) is 1.63. The summed E-state index contributed by atoms with van der Waals surface area (Å²) < 4.78 is 17.7. The van der Waals surface area contributed by atoms with Crippen molar-refractivity contribution in [3.8, 4) is 5.75 Å². The molecule has 1 atom stereocenters. The number of anilines is 1. The van der Waals surface area contributed by atoms with Crippen molar-refractivity contribution in [1.82, 2.24) is 0 Å². The average Bonchev–Trinajstić information content (AvgIpc) is 2.11. The maximum absolute atomic E-state index is 12.7. The zero-order valence-corrected chi connectivity index (χ0v) is 7.53. The van der Waals surface area contributed by atoms with Gasteiger partial charge in [0.15, 0.2) is 6.10 Å². The molecule has 5 heteroatoms. The Bertz CT molecular complexity index is 354. The van der Waals surface area contributed by atoms with Gasteiger partial charge in [0.25, 0.3) is 0 Å². The van der Waals surface area contributed by atoms with Gasteiger partial charge in [-0.15, -0.1) is 0 Å². The summed E-state index contributed by atoms with van der Waals surface area (Å²) in [6.07, 6.45) is -0.986. The lowest BCUT2D eigenvalue weighted by molar-refractivity contribution is -0.144. The van der Waals surface area contributed by atoms with Crippen LogP contribution in [0.25, 0.3) is 0 Å². The van der Waals surface area contributed by atoms with Gasteiger partial charge in [-0.2, -0.15) is 0 Å². The summed E-state index contributed by atoms with van der Waals surface area (Å²) in [6.45, 7) is 1.38. The number of carboxylic acids is 1. The lowest BCUT2D eigenvalue weighted by Crippen LogP contribution is -2.22. The quantitative estimate of drug-likeness (QED) is 0.719. The molecule has 0 aliphatic rings. The fraction of sp³-hybridized carbons (Fsp3) is 0.222. The Morgan fingerprint density at radius 3 is 2.79 bits per heavy atom. The van der Waals surface area contributed by atoms with Gasteiger partial charge in [0.05, 0.1) is 5.69 Å². The maximum atomic E-state index is 12.7. The van der Waals surface area contributed by atoms with Crippen molar-refractivity contribution in [3.05, 3.63) is 24.0 Å². The van der Waals surface area contributed by atoms with Crippen LogP contribution in [0.5, 0.6) is 5.75 Å². The molecule has 0 aromatic heterocycles. The Morgan fingerprint density at radius 2 is 2.29 bits per heavy atom. The third kappa shape index (κ3) is 2.35. The van der Waals surface area contributed by atoms with Gasteiger partial charge in [0.2, 0.25) is 0 Å². The van der Waals surface area contributed by atoms with Crippen LogP contribution in [0, 0.1) is 5.82 Å². The minimum atomic E-state index is -1.09. The summed E-state index contributed by atoms with van der Waals surface area (Å²) in [5.74, 6) is -1.41. The molecule has 0 aliphatic carbocycles. The number of carbonyl (C=O) groups is 1. The van der Waals surface area contributed by atoms with Gasteiger partial charge in [-0.1, -0.05) is 0 Å². The van der Waals surface area contributed by atoms with Crippen LogP contribution >= 0.6 is 0 Å². The highest BCUT2D eigenvalue weighted by Crippen LogP contribution is 2.19. The van der Waals surface area contributed by atoms with Crippen molar-refractivity contribution in [2.24, 2.45) is 0 Å². The number of carboxylic acid groups (broad SMARTS) is 1. The third-order valence-electron chi connectivity index (χ3n) is 1.63. The van der Waals surface area contributed by atoms with Crippen LogP contribution in [0.2, 0.25) is 0 Å². The van der Waals surface area contributed by atoms with Gasteiger partial charge >= 0.3 is 5.97 Å². The van der Waals surface area contributed by atoms with E-state index in [1.54, 1.807) is 0 Å². The summed E-state index contributed by atoms with van der Waals surface area (Å²) in [5, 5.41) is 8.54. The summed E-state index contributed by atoms with van der Waals surface area (Å²) in [4.78, 5) is 10.4. The molecule has 0 aliphatic heterocycles. The molecule has 0 bridgehead atoms. The maximum Gasteiger partial charge on any atom is 0.344 e. The molecule has 0 amide bonds. The fourth-order valence-electron chi connectivity index (χ4n) is 0.850. The van der Waals surface area contributed by atoms with Gasteiger partial charge in [-0.25, -0.2) is 9.18 Å². The number of rotatable bonds is 3. The summed E-state index contributed by atoms with van der Waals surface area (Å²) in [7, 11) is 0. The van der Waals surface area contributed by atoms with E-state index < -0.39 is 17.9 Å². The molecular weight excluding hydrogens is 189 g/mol. The van der Waals surface area contributed by atoms with E-state index in [0.29, 0.717) is 0 Å². The number of hydrogen-bond acceptors (Lipinski definition) is 3. The van der Waals surface area contributed by atoms with Crippen molar-refractivity contribution in [1.29, 1.82) is 0 Å². The lowest BCUT2D eigenvalue weighted by Gasteiger charge is -2.10. The molecule has 1 aromatic carbocycles. The smallest absolute Gasteiger partial charge is 0.344 e. The van der Waals surface area contributed by atoms with Crippen LogP contribution in [-0.2, 0) is 4.79 Å². The van der Waals surface area contributed by atoms with Crippen LogP contribution in [0.4, 0.5) is 10.1 Å². The first-order valence-corrected chi connectivity index (χ1v) is 3.95. The van der Waals surface area contributed by atoms with Gasteiger partial charge in [-0.3, -0.25) is 0 Å². The number of nitrogens with two attached hydrogens (primary N) is 1. The Hall–Kier alpha value is -1.78. The number of halogens is 1.